The van der Waals surface area contributed by atoms with Crippen molar-refractivity contribution in [1.29, 1.82) is 0 Å². The van der Waals surface area contributed by atoms with Gasteiger partial charge < -0.3 is 4.74 Å². The lowest BCUT2D eigenvalue weighted by molar-refractivity contribution is 0.321. The first-order valence-corrected chi connectivity index (χ1v) is 6.14. The van der Waals surface area contributed by atoms with Crippen molar-refractivity contribution in [2.24, 2.45) is 0 Å². The summed E-state index contributed by atoms with van der Waals surface area (Å²) in [5, 5.41) is 2.94. The quantitative estimate of drug-likeness (QED) is 0.807. The fourth-order valence-electron chi connectivity index (χ4n) is 1.39. The molecule has 0 aliphatic carbocycles. The maximum atomic E-state index is 5.67. The Morgan fingerprint density at radius 1 is 1.31 bits per heavy atom. The monoisotopic (exact) mass is 232 g/mol. The highest BCUT2D eigenvalue weighted by atomic mass is 32.1. The summed E-state index contributed by atoms with van der Waals surface area (Å²) in [6.45, 7) is 4.87. The highest BCUT2D eigenvalue weighted by Gasteiger charge is 1.99. The van der Waals surface area contributed by atoms with E-state index >= 15 is 0 Å². The Bertz CT molecular complexity index is 451. The van der Waals surface area contributed by atoms with Gasteiger partial charge in [0.1, 0.15) is 11.9 Å². The molecule has 0 saturated heterocycles. The van der Waals surface area contributed by atoms with Gasteiger partial charge >= 0.3 is 0 Å². The third-order valence-corrected chi connectivity index (χ3v) is 3.29. The molecule has 0 saturated carbocycles. The molecule has 0 bridgehead atoms. The van der Waals surface area contributed by atoms with Crippen LogP contribution in [0.15, 0.2) is 23.6 Å². The Morgan fingerprint density at radius 3 is 2.88 bits per heavy atom. The standard InChI is InChI=1S/C13H14NOS/c1-10-3-4-12(9-11(10)2)15-7-5-13-14-6-8-16-13/h3-4,8-9H,5,7H2,1-2H3. The molecule has 1 heterocycles. The van der Waals surface area contributed by atoms with E-state index in [1.165, 1.54) is 11.1 Å². The summed E-state index contributed by atoms with van der Waals surface area (Å²) < 4.78 is 5.67. The van der Waals surface area contributed by atoms with E-state index in [4.69, 9.17) is 4.74 Å². The molecular weight excluding hydrogens is 218 g/mol. The zero-order valence-corrected chi connectivity index (χ0v) is 10.3. The van der Waals surface area contributed by atoms with E-state index in [2.05, 4.69) is 37.2 Å². The molecular formula is C13H14NOS. The number of hydrogen-bond donors (Lipinski definition) is 0. The molecule has 0 amide bonds. The molecule has 0 atom stereocenters. The van der Waals surface area contributed by atoms with E-state index in [1.807, 2.05) is 11.4 Å². The number of aromatic nitrogens is 1. The van der Waals surface area contributed by atoms with Gasteiger partial charge in [0.2, 0.25) is 0 Å². The molecule has 1 aromatic heterocycles. The van der Waals surface area contributed by atoms with Crippen LogP contribution in [0.2, 0.25) is 0 Å². The zero-order valence-electron chi connectivity index (χ0n) is 9.49. The third kappa shape index (κ3) is 2.83. The molecule has 0 fully saturated rings. The van der Waals surface area contributed by atoms with Crippen molar-refractivity contribution in [2.75, 3.05) is 6.61 Å². The number of aryl methyl sites for hydroxylation is 2. The van der Waals surface area contributed by atoms with Gasteiger partial charge in [-0.15, -0.1) is 11.3 Å². The summed E-state index contributed by atoms with van der Waals surface area (Å²) in [5.74, 6) is 0.934. The minimum Gasteiger partial charge on any atom is -0.493 e. The predicted octanol–water partition coefficient (Wildman–Crippen LogP) is 3.18. The maximum Gasteiger partial charge on any atom is 0.119 e. The summed E-state index contributed by atoms with van der Waals surface area (Å²) in [7, 11) is 0. The molecule has 0 unspecified atom stereocenters. The number of thiazole rings is 1. The highest BCUT2D eigenvalue weighted by Crippen LogP contribution is 2.16. The first-order chi connectivity index (χ1) is 7.75. The Balaban J connectivity index is 1.87. The fraction of sp³-hybridized carbons (Fsp3) is 0.308. The van der Waals surface area contributed by atoms with Crippen LogP contribution in [0.5, 0.6) is 5.75 Å². The largest absolute Gasteiger partial charge is 0.493 e. The van der Waals surface area contributed by atoms with Crippen LogP contribution in [0.4, 0.5) is 0 Å². The zero-order chi connectivity index (χ0) is 11.4. The third-order valence-electron chi connectivity index (χ3n) is 2.50. The van der Waals surface area contributed by atoms with Gasteiger partial charge in [0.25, 0.3) is 0 Å². The second-order valence-corrected chi connectivity index (χ2v) is 4.66. The van der Waals surface area contributed by atoms with E-state index < -0.39 is 0 Å². The van der Waals surface area contributed by atoms with E-state index in [0.717, 1.165) is 17.2 Å². The minimum atomic E-state index is 0.670. The normalized spacial score (nSPS) is 10.4. The van der Waals surface area contributed by atoms with Crippen LogP contribution in [0.1, 0.15) is 16.1 Å². The number of nitrogens with zero attached hydrogens (tertiary/aromatic N) is 1. The molecule has 1 radical (unpaired) electrons. The van der Waals surface area contributed by atoms with Crippen LogP contribution in [0.25, 0.3) is 0 Å². The average Bonchev–Trinajstić information content (AvgIpc) is 2.76. The van der Waals surface area contributed by atoms with Crippen molar-refractivity contribution in [2.45, 2.75) is 20.3 Å². The molecule has 0 N–H and O–H groups in total. The van der Waals surface area contributed by atoms with E-state index in [-0.39, 0.29) is 0 Å². The summed E-state index contributed by atoms with van der Waals surface area (Å²) in [5.41, 5.74) is 2.56. The Kier molecular flexibility index (Phi) is 3.57. The first kappa shape index (κ1) is 11.1. The second kappa shape index (κ2) is 5.12. The van der Waals surface area contributed by atoms with Crippen molar-refractivity contribution in [3.8, 4) is 5.75 Å². The van der Waals surface area contributed by atoms with Gasteiger partial charge in [0.05, 0.1) is 11.6 Å². The van der Waals surface area contributed by atoms with Gasteiger partial charge in [-0.1, -0.05) is 6.07 Å². The van der Waals surface area contributed by atoms with Crippen molar-refractivity contribution < 1.29 is 4.74 Å². The van der Waals surface area contributed by atoms with Crippen molar-refractivity contribution in [1.82, 2.24) is 4.98 Å². The SMILES string of the molecule is Cc1ccc(OCCc2n[c]cs2)cc1C. The maximum absolute atomic E-state index is 5.67. The molecule has 0 spiro atoms. The molecule has 3 heteroatoms. The summed E-state index contributed by atoms with van der Waals surface area (Å²) >= 11 is 1.62. The number of ether oxygens (including phenoxy) is 1. The van der Waals surface area contributed by atoms with Crippen molar-refractivity contribution in [3.63, 3.8) is 0 Å². The van der Waals surface area contributed by atoms with Crippen molar-refractivity contribution >= 4 is 11.3 Å². The van der Waals surface area contributed by atoms with E-state index in [1.54, 1.807) is 11.3 Å². The van der Waals surface area contributed by atoms with Crippen LogP contribution in [-0.2, 0) is 6.42 Å². The van der Waals surface area contributed by atoms with Crippen molar-refractivity contribution in [3.05, 3.63) is 45.9 Å². The van der Waals surface area contributed by atoms with Gasteiger partial charge in [0, 0.05) is 11.8 Å². The molecule has 1 aromatic carbocycles. The number of rotatable bonds is 4. The first-order valence-electron chi connectivity index (χ1n) is 5.26. The van der Waals surface area contributed by atoms with Gasteiger partial charge in [-0.05, 0) is 37.1 Å². The van der Waals surface area contributed by atoms with Gasteiger partial charge in [-0.2, -0.15) is 0 Å². The molecule has 0 aliphatic heterocycles. The Morgan fingerprint density at radius 2 is 2.19 bits per heavy atom. The highest BCUT2D eigenvalue weighted by molar-refractivity contribution is 7.09. The van der Waals surface area contributed by atoms with Crippen LogP contribution in [0, 0.1) is 20.0 Å². The summed E-state index contributed by atoms with van der Waals surface area (Å²) in [6, 6.07) is 6.17. The minimum absolute atomic E-state index is 0.670. The molecule has 2 rings (SSSR count). The Hall–Kier alpha value is -1.35. The van der Waals surface area contributed by atoms with Crippen LogP contribution < -0.4 is 4.74 Å². The molecule has 83 valence electrons. The lowest BCUT2D eigenvalue weighted by atomic mass is 10.1. The molecule has 2 aromatic rings. The van der Waals surface area contributed by atoms with E-state index in [9.17, 15) is 0 Å². The van der Waals surface area contributed by atoms with Gasteiger partial charge in [-0.3, -0.25) is 0 Å². The lowest BCUT2D eigenvalue weighted by Gasteiger charge is -2.07. The summed E-state index contributed by atoms with van der Waals surface area (Å²) in [4.78, 5) is 4.09. The predicted molar refractivity (Wildman–Crippen MR) is 66.1 cm³/mol. The average molecular weight is 232 g/mol. The van der Waals surface area contributed by atoms with Gasteiger partial charge in [-0.25, -0.2) is 4.98 Å². The van der Waals surface area contributed by atoms with E-state index in [0.29, 0.717) is 6.61 Å². The summed E-state index contributed by atoms with van der Waals surface area (Å²) in [6.07, 6.45) is 3.66. The number of benzene rings is 1. The van der Waals surface area contributed by atoms with Crippen LogP contribution in [-0.4, -0.2) is 11.6 Å². The fourth-order valence-corrected chi connectivity index (χ4v) is 1.94. The Labute approximate surface area is 99.9 Å². The topological polar surface area (TPSA) is 22.1 Å². The second-order valence-electron chi connectivity index (χ2n) is 3.71. The molecule has 0 aliphatic rings. The molecule has 2 nitrogen and oxygen atoms in total. The number of hydrogen-bond acceptors (Lipinski definition) is 3. The lowest BCUT2D eigenvalue weighted by Crippen LogP contribution is -2.01. The molecule has 16 heavy (non-hydrogen) atoms. The van der Waals surface area contributed by atoms with Crippen LogP contribution in [0.3, 0.4) is 0 Å². The van der Waals surface area contributed by atoms with Crippen LogP contribution >= 0.6 is 11.3 Å². The smallest absolute Gasteiger partial charge is 0.119 e. The van der Waals surface area contributed by atoms with Gasteiger partial charge in [0.15, 0.2) is 0 Å².